The van der Waals surface area contributed by atoms with Gasteiger partial charge in [-0.3, -0.25) is 28.8 Å². The van der Waals surface area contributed by atoms with Gasteiger partial charge >= 0.3 is 18.3 Å². The SMILES string of the molecule is Cc1ccccc1CC(=O)N(C(=O)OC(C)(C)C)[C@@H](CCCCN)C(=O)Nc1ccc(C(c2ccc(NC(=O)[C@H](CCCCN)N(C(=O)Cc3ccccc3C)C(=O)OC(C)(C)C)cc2)c2ccc(NC(=O)[C@H](CCCCN)N(C(=O)Cc3ccccc3C)C(=O)OC(C)(C)C)cc2)cc1. The average molecular weight is 1370 g/mol. The van der Waals surface area contributed by atoms with Gasteiger partial charge in [0.1, 0.15) is 34.9 Å². The van der Waals surface area contributed by atoms with E-state index in [2.05, 4.69) is 16.0 Å². The molecule has 6 aromatic carbocycles. The first-order valence-corrected chi connectivity index (χ1v) is 34.4. The number of rotatable bonds is 30. The van der Waals surface area contributed by atoms with E-state index in [1.807, 2.05) is 93.6 Å². The van der Waals surface area contributed by atoms with Crippen molar-refractivity contribution in [1.29, 1.82) is 0 Å². The van der Waals surface area contributed by atoms with Crippen molar-refractivity contribution in [2.75, 3.05) is 35.6 Å². The second kappa shape index (κ2) is 37.0. The van der Waals surface area contributed by atoms with Crippen LogP contribution < -0.4 is 33.2 Å². The predicted molar refractivity (Wildman–Crippen MR) is 390 cm³/mol. The quantitative estimate of drug-likeness (QED) is 0.0139. The number of benzene rings is 6. The molecule has 9 amide bonds. The highest BCUT2D eigenvalue weighted by atomic mass is 16.6. The molecule has 0 bridgehead atoms. The van der Waals surface area contributed by atoms with Crippen molar-refractivity contribution >= 4 is 70.8 Å². The minimum atomic E-state index is -1.29. The molecule has 0 spiro atoms. The lowest BCUT2D eigenvalue weighted by atomic mass is 9.85. The Morgan fingerprint density at radius 2 is 0.580 bits per heavy atom. The molecule has 0 aliphatic carbocycles. The highest BCUT2D eigenvalue weighted by molar-refractivity contribution is 6.05. The van der Waals surface area contributed by atoms with E-state index in [4.69, 9.17) is 31.4 Å². The summed E-state index contributed by atoms with van der Waals surface area (Å²) in [5, 5.41) is 8.90. The number of unbranched alkanes of at least 4 members (excludes halogenated alkanes) is 3. The number of hydrogen-bond acceptors (Lipinski definition) is 15. The Morgan fingerprint density at radius 1 is 0.350 bits per heavy atom. The van der Waals surface area contributed by atoms with Crippen LogP contribution in [-0.2, 0) is 62.2 Å². The van der Waals surface area contributed by atoms with Crippen LogP contribution in [0.25, 0.3) is 0 Å². The number of amides is 9. The van der Waals surface area contributed by atoms with Crippen LogP contribution in [0.15, 0.2) is 146 Å². The Hall–Kier alpha value is -9.57. The predicted octanol–water partition coefficient (Wildman–Crippen LogP) is 13.1. The second-order valence-electron chi connectivity index (χ2n) is 28.2. The first kappa shape index (κ1) is 79.4. The summed E-state index contributed by atoms with van der Waals surface area (Å²) in [7, 11) is 0. The number of nitrogens with two attached hydrogens (primary N) is 3. The molecule has 3 atom stereocenters. The van der Waals surface area contributed by atoms with Gasteiger partial charge < -0.3 is 47.4 Å². The first-order valence-electron chi connectivity index (χ1n) is 34.4. The van der Waals surface area contributed by atoms with Crippen molar-refractivity contribution < 1.29 is 57.4 Å². The molecule has 0 aliphatic rings. The number of ether oxygens (including phenoxy) is 3. The number of aryl methyl sites for hydroxylation is 3. The van der Waals surface area contributed by atoms with Crippen LogP contribution in [-0.4, -0.2) is 123 Å². The third kappa shape index (κ3) is 24.1. The monoisotopic (exact) mass is 1370 g/mol. The molecule has 0 radical (unpaired) electrons. The van der Waals surface area contributed by atoms with Gasteiger partial charge in [-0.25, -0.2) is 29.1 Å². The maximum Gasteiger partial charge on any atom is 0.417 e. The molecule has 536 valence electrons. The molecule has 100 heavy (non-hydrogen) atoms. The summed E-state index contributed by atoms with van der Waals surface area (Å²) < 4.78 is 17.4. The number of carbonyl (C=O) groups is 9. The van der Waals surface area contributed by atoms with Gasteiger partial charge in [-0.2, -0.15) is 0 Å². The molecule has 6 rings (SSSR count). The van der Waals surface area contributed by atoms with E-state index >= 15 is 0 Å². The average Bonchev–Trinajstić information content (AvgIpc) is 0.846. The van der Waals surface area contributed by atoms with Crippen molar-refractivity contribution in [2.24, 2.45) is 17.2 Å². The van der Waals surface area contributed by atoms with E-state index in [9.17, 15) is 43.2 Å². The number of hydrogen-bond donors (Lipinski definition) is 6. The highest BCUT2D eigenvalue weighted by Gasteiger charge is 2.41. The molecular formula is C79H103N9O12. The standard InChI is InChI=1S/C79H103N9O12/c1-52-25-13-16-28-58(52)49-67(89)86(74(95)98-77(4,5)6)64(31-19-22-46-80)71(92)83-61-40-34-55(35-41-61)70(56-36-42-62(43-37-56)84-72(93)65(32-20-23-47-81)87(75(96)99-78(7,8)9)68(90)50-59-29-17-14-26-53(59)2)57-38-44-63(45-39-57)85-73(94)66(33-21-24-48-82)88(76(97)100-79(10,11)12)69(91)51-60-30-18-15-27-54(60)3/h13-18,25-30,34-45,64-66,70H,19-24,31-33,46-51,80-82H2,1-12H3,(H,83,92)(H,84,93)(H,85,94)/t64-,65-,66-/m0/s1. The molecule has 0 saturated carbocycles. The Bertz CT molecular complexity index is 3370. The molecule has 9 N–H and O–H groups in total. The summed E-state index contributed by atoms with van der Waals surface area (Å²) in [5.41, 5.74) is 22.5. The summed E-state index contributed by atoms with van der Waals surface area (Å²) in [5.74, 6) is -4.31. The zero-order valence-corrected chi connectivity index (χ0v) is 60.2. The molecule has 0 heterocycles. The van der Waals surface area contributed by atoms with Gasteiger partial charge in [0.25, 0.3) is 0 Å². The van der Waals surface area contributed by atoms with Crippen molar-refractivity contribution in [3.8, 4) is 0 Å². The summed E-state index contributed by atoms with van der Waals surface area (Å²) in [6.45, 7) is 21.7. The topological polar surface area (TPSA) is 305 Å². The van der Waals surface area contributed by atoms with Crippen molar-refractivity contribution in [3.63, 3.8) is 0 Å². The van der Waals surface area contributed by atoms with Crippen LogP contribution >= 0.6 is 0 Å². The summed E-state index contributed by atoms with van der Waals surface area (Å²) >= 11 is 0. The zero-order chi connectivity index (χ0) is 73.5. The molecule has 0 aliphatic heterocycles. The number of nitrogens with zero attached hydrogens (tertiary/aromatic N) is 3. The molecule has 21 heteroatoms. The third-order valence-corrected chi connectivity index (χ3v) is 16.6. The lowest BCUT2D eigenvalue weighted by Gasteiger charge is -2.32. The Kier molecular flexibility index (Phi) is 29.4. The van der Waals surface area contributed by atoms with Crippen molar-refractivity contribution in [1.82, 2.24) is 14.7 Å². The molecule has 21 nitrogen and oxygen atoms in total. The smallest absolute Gasteiger partial charge is 0.417 e. The fourth-order valence-electron chi connectivity index (χ4n) is 11.4. The van der Waals surface area contributed by atoms with E-state index in [1.54, 1.807) is 135 Å². The summed E-state index contributed by atoms with van der Waals surface area (Å²) in [4.78, 5) is 133. The van der Waals surface area contributed by atoms with Gasteiger partial charge in [-0.1, -0.05) is 109 Å². The maximum atomic E-state index is 14.7. The Labute approximate surface area is 589 Å². The van der Waals surface area contributed by atoms with E-state index < -0.39 is 94.6 Å². The van der Waals surface area contributed by atoms with Gasteiger partial charge in [0.15, 0.2) is 0 Å². The van der Waals surface area contributed by atoms with Crippen LogP contribution in [0.5, 0.6) is 0 Å². The number of nitrogens with one attached hydrogen (secondary N) is 3. The lowest BCUT2D eigenvalue weighted by Crippen LogP contribution is -2.52. The fraction of sp³-hybridized carbons (Fsp3) is 0.430. The minimum absolute atomic E-state index is 0.0981. The molecule has 6 aromatic rings. The largest absolute Gasteiger partial charge is 0.443 e. The molecular weight excluding hydrogens is 1270 g/mol. The normalized spacial score (nSPS) is 12.5. The van der Waals surface area contributed by atoms with E-state index in [0.717, 1.165) is 48.1 Å². The molecule has 0 fully saturated rings. The minimum Gasteiger partial charge on any atom is -0.443 e. The van der Waals surface area contributed by atoms with E-state index in [-0.39, 0.29) is 38.5 Å². The fourth-order valence-corrected chi connectivity index (χ4v) is 11.4. The van der Waals surface area contributed by atoms with Gasteiger partial charge in [0, 0.05) is 23.0 Å². The zero-order valence-electron chi connectivity index (χ0n) is 60.2. The first-order chi connectivity index (χ1) is 47.3. The van der Waals surface area contributed by atoms with Crippen LogP contribution in [0, 0.1) is 20.8 Å². The van der Waals surface area contributed by atoms with E-state index in [0.29, 0.717) is 91.9 Å². The van der Waals surface area contributed by atoms with Crippen molar-refractivity contribution in [2.45, 2.75) is 201 Å². The van der Waals surface area contributed by atoms with E-state index in [1.165, 1.54) is 0 Å². The lowest BCUT2D eigenvalue weighted by molar-refractivity contribution is -0.137. The van der Waals surface area contributed by atoms with Crippen LogP contribution in [0.4, 0.5) is 31.4 Å². The van der Waals surface area contributed by atoms with Crippen molar-refractivity contribution in [3.05, 3.63) is 196 Å². The highest BCUT2D eigenvalue weighted by Crippen LogP contribution is 2.35. The third-order valence-electron chi connectivity index (χ3n) is 16.6. The molecule has 0 unspecified atom stereocenters. The van der Waals surface area contributed by atoms with Gasteiger partial charge in [0.2, 0.25) is 35.4 Å². The number of imide groups is 3. The number of anilines is 3. The van der Waals surface area contributed by atoms with Crippen LogP contribution in [0.3, 0.4) is 0 Å². The second-order valence-corrected chi connectivity index (χ2v) is 28.2. The molecule has 0 aromatic heterocycles. The van der Waals surface area contributed by atoms with Crippen LogP contribution in [0.2, 0.25) is 0 Å². The van der Waals surface area contributed by atoms with Gasteiger partial charge in [-0.15, -0.1) is 0 Å². The molecule has 0 saturated heterocycles. The van der Waals surface area contributed by atoms with Gasteiger partial charge in [-0.05, 0) is 247 Å². The Balaban J connectivity index is 1.40. The Morgan fingerprint density at radius 3 is 0.790 bits per heavy atom. The number of carbonyl (C=O) groups excluding carboxylic acids is 9. The van der Waals surface area contributed by atoms with Gasteiger partial charge in [0.05, 0.1) is 19.3 Å². The maximum absolute atomic E-state index is 14.7. The summed E-state index contributed by atoms with van der Waals surface area (Å²) in [6.07, 6.45) is -0.284. The summed E-state index contributed by atoms with van der Waals surface area (Å²) in [6, 6.07) is 39.2. The van der Waals surface area contributed by atoms with Crippen LogP contribution in [0.1, 0.15) is 176 Å².